The number of hydrogen-bond donors (Lipinski definition) is 1. The highest BCUT2D eigenvalue weighted by atomic mass is 32.2. The molecule has 2 amide bonds. The smallest absolute Gasteiger partial charge is 0.343 e. The predicted molar refractivity (Wildman–Crippen MR) is 68.2 cm³/mol. The summed E-state index contributed by atoms with van der Waals surface area (Å²) in [5.41, 5.74) is 0. The maximum absolute atomic E-state index is 11.5. The summed E-state index contributed by atoms with van der Waals surface area (Å²) in [6.07, 6.45) is 4.92. The molecule has 1 heterocycles. The molecule has 0 aromatic rings. The first-order chi connectivity index (χ1) is 9.47. The monoisotopic (exact) mass is 301 g/mol. The van der Waals surface area contributed by atoms with Crippen molar-refractivity contribution in [2.75, 3.05) is 6.54 Å². The third-order valence-corrected chi connectivity index (χ3v) is 3.98. The van der Waals surface area contributed by atoms with Gasteiger partial charge in [0.05, 0.1) is 5.92 Å². The van der Waals surface area contributed by atoms with Gasteiger partial charge in [0.25, 0.3) is 11.8 Å². The van der Waals surface area contributed by atoms with Crippen molar-refractivity contribution in [1.82, 2.24) is 4.90 Å². The SMILES string of the molecule is O=C(OS(=O)O)C1CCC(CN2C(=O)C=CC2=O)CC1. The summed E-state index contributed by atoms with van der Waals surface area (Å²) < 4.78 is 23.1. The largest absolute Gasteiger partial charge is 0.360 e. The van der Waals surface area contributed by atoms with Crippen molar-refractivity contribution in [2.45, 2.75) is 25.7 Å². The van der Waals surface area contributed by atoms with E-state index in [1.807, 2.05) is 0 Å². The van der Waals surface area contributed by atoms with Crippen LogP contribution < -0.4 is 0 Å². The number of carbonyl (C=O) groups is 3. The van der Waals surface area contributed by atoms with Crippen LogP contribution in [-0.4, -0.2) is 38.0 Å². The molecule has 2 rings (SSSR count). The molecule has 0 aromatic heterocycles. The Hall–Kier alpha value is -1.54. The lowest BCUT2D eigenvalue weighted by atomic mass is 9.82. The molecule has 0 aromatic carbocycles. The zero-order valence-corrected chi connectivity index (χ0v) is 11.5. The molecule has 0 spiro atoms. The summed E-state index contributed by atoms with van der Waals surface area (Å²) in [5, 5.41) is 0. The topological polar surface area (TPSA) is 101 Å². The van der Waals surface area contributed by atoms with Crippen LogP contribution in [0.15, 0.2) is 12.2 Å². The number of carbonyl (C=O) groups excluding carboxylic acids is 3. The number of nitrogens with zero attached hydrogens (tertiary/aromatic N) is 1. The molecular weight excluding hydrogens is 286 g/mol. The van der Waals surface area contributed by atoms with Gasteiger partial charge in [-0.15, -0.1) is 0 Å². The van der Waals surface area contributed by atoms with Gasteiger partial charge in [-0.05, 0) is 31.6 Å². The van der Waals surface area contributed by atoms with Gasteiger partial charge < -0.3 is 4.18 Å². The number of imide groups is 1. The minimum atomic E-state index is -2.57. The highest BCUT2D eigenvalue weighted by Crippen LogP contribution is 2.30. The molecule has 0 bridgehead atoms. The van der Waals surface area contributed by atoms with E-state index in [4.69, 9.17) is 4.55 Å². The lowest BCUT2D eigenvalue weighted by Gasteiger charge is -2.29. The molecule has 1 atom stereocenters. The third-order valence-electron chi connectivity index (χ3n) is 3.67. The summed E-state index contributed by atoms with van der Waals surface area (Å²) in [4.78, 5) is 35.5. The number of rotatable bonds is 4. The van der Waals surface area contributed by atoms with Crippen LogP contribution in [-0.2, 0) is 29.9 Å². The first-order valence-corrected chi connectivity index (χ1v) is 7.37. The Morgan fingerprint density at radius 3 is 2.30 bits per heavy atom. The van der Waals surface area contributed by atoms with Crippen LogP contribution in [0.5, 0.6) is 0 Å². The van der Waals surface area contributed by atoms with Gasteiger partial charge in [0.1, 0.15) is 0 Å². The van der Waals surface area contributed by atoms with E-state index in [1.165, 1.54) is 17.1 Å². The second-order valence-corrected chi connectivity index (χ2v) is 5.56. The predicted octanol–water partition coefficient (Wildman–Crippen LogP) is 0.398. The summed E-state index contributed by atoms with van der Waals surface area (Å²) in [6, 6.07) is 0. The van der Waals surface area contributed by atoms with E-state index in [2.05, 4.69) is 4.18 Å². The second-order valence-electron chi connectivity index (χ2n) is 4.96. The Morgan fingerprint density at radius 1 is 1.25 bits per heavy atom. The van der Waals surface area contributed by atoms with Crippen molar-refractivity contribution in [1.29, 1.82) is 0 Å². The summed E-state index contributed by atoms with van der Waals surface area (Å²) in [5.74, 6) is -1.49. The average molecular weight is 301 g/mol. The van der Waals surface area contributed by atoms with Crippen molar-refractivity contribution in [3.8, 4) is 0 Å². The Bertz CT molecular complexity index is 462. The van der Waals surface area contributed by atoms with Gasteiger partial charge in [-0.1, -0.05) is 0 Å². The molecule has 1 saturated carbocycles. The van der Waals surface area contributed by atoms with E-state index in [0.29, 0.717) is 32.2 Å². The molecule has 7 nitrogen and oxygen atoms in total. The van der Waals surface area contributed by atoms with Crippen LogP contribution in [0.3, 0.4) is 0 Å². The average Bonchev–Trinajstić information content (AvgIpc) is 2.70. The normalized spacial score (nSPS) is 27.8. The van der Waals surface area contributed by atoms with Gasteiger partial charge in [-0.25, -0.2) is 0 Å². The van der Waals surface area contributed by atoms with Crippen LogP contribution in [0.1, 0.15) is 25.7 Å². The zero-order valence-electron chi connectivity index (χ0n) is 10.7. The number of amides is 2. The molecule has 0 radical (unpaired) electrons. The summed E-state index contributed by atoms with van der Waals surface area (Å²) in [7, 11) is 0. The first kappa shape index (κ1) is 14.9. The van der Waals surface area contributed by atoms with Crippen LogP contribution >= 0.6 is 0 Å². The molecule has 110 valence electrons. The Morgan fingerprint density at radius 2 is 1.80 bits per heavy atom. The van der Waals surface area contributed by atoms with Crippen molar-refractivity contribution >= 4 is 29.1 Å². The quantitative estimate of drug-likeness (QED) is 0.595. The molecule has 1 aliphatic heterocycles. The second kappa shape index (κ2) is 6.27. The van der Waals surface area contributed by atoms with Crippen LogP contribution in [0.25, 0.3) is 0 Å². The van der Waals surface area contributed by atoms with E-state index in [-0.39, 0.29) is 23.7 Å². The van der Waals surface area contributed by atoms with E-state index < -0.39 is 17.3 Å². The fraction of sp³-hybridized carbons (Fsp3) is 0.583. The zero-order chi connectivity index (χ0) is 14.7. The fourth-order valence-corrected chi connectivity index (χ4v) is 2.86. The third kappa shape index (κ3) is 3.51. The van der Waals surface area contributed by atoms with E-state index >= 15 is 0 Å². The lowest BCUT2D eigenvalue weighted by Crippen LogP contribution is -2.36. The molecule has 1 N–H and O–H groups in total. The first-order valence-electron chi connectivity index (χ1n) is 6.34. The van der Waals surface area contributed by atoms with E-state index in [9.17, 15) is 18.6 Å². The molecule has 0 saturated heterocycles. The summed E-state index contributed by atoms with van der Waals surface area (Å²) in [6.45, 7) is 0.359. The Balaban J connectivity index is 1.80. The highest BCUT2D eigenvalue weighted by molar-refractivity contribution is 7.74. The van der Waals surface area contributed by atoms with Crippen LogP contribution in [0.4, 0.5) is 0 Å². The maximum Gasteiger partial charge on any atom is 0.360 e. The van der Waals surface area contributed by atoms with Gasteiger partial charge in [-0.2, -0.15) is 4.21 Å². The molecular formula is C12H15NO6S. The molecule has 1 unspecified atom stereocenters. The molecule has 2 aliphatic rings. The van der Waals surface area contributed by atoms with E-state index in [0.717, 1.165) is 0 Å². The van der Waals surface area contributed by atoms with Gasteiger partial charge >= 0.3 is 17.3 Å². The van der Waals surface area contributed by atoms with Gasteiger partial charge in [0.15, 0.2) is 0 Å². The van der Waals surface area contributed by atoms with E-state index in [1.54, 1.807) is 0 Å². The Kier molecular flexibility index (Phi) is 4.66. The van der Waals surface area contributed by atoms with Gasteiger partial charge in [-0.3, -0.25) is 23.8 Å². The standard InChI is InChI=1S/C12H15NO6S/c14-10-5-6-11(15)13(10)7-8-1-3-9(4-2-8)12(16)19-20(17)18/h5-6,8-9H,1-4,7H2,(H,17,18). The molecule has 1 fully saturated rings. The van der Waals surface area contributed by atoms with Crippen LogP contribution in [0.2, 0.25) is 0 Å². The minimum absolute atomic E-state index is 0.159. The van der Waals surface area contributed by atoms with Gasteiger partial charge in [0, 0.05) is 18.7 Å². The van der Waals surface area contributed by atoms with Crippen molar-refractivity contribution in [3.05, 3.63) is 12.2 Å². The molecule has 8 heteroatoms. The van der Waals surface area contributed by atoms with Crippen molar-refractivity contribution in [2.24, 2.45) is 11.8 Å². The Labute approximate surface area is 118 Å². The summed E-state index contributed by atoms with van der Waals surface area (Å²) >= 11 is -2.57. The fourth-order valence-electron chi connectivity index (χ4n) is 2.59. The maximum atomic E-state index is 11.5. The number of hydrogen-bond acceptors (Lipinski definition) is 5. The lowest BCUT2D eigenvalue weighted by molar-refractivity contribution is -0.141. The van der Waals surface area contributed by atoms with Gasteiger partial charge in [0.2, 0.25) is 0 Å². The van der Waals surface area contributed by atoms with Crippen molar-refractivity contribution in [3.63, 3.8) is 0 Å². The van der Waals surface area contributed by atoms with Crippen molar-refractivity contribution < 1.29 is 27.3 Å². The molecule has 1 aliphatic carbocycles. The van der Waals surface area contributed by atoms with Crippen LogP contribution in [0, 0.1) is 11.8 Å². The molecule has 20 heavy (non-hydrogen) atoms. The highest BCUT2D eigenvalue weighted by Gasteiger charge is 2.32. The minimum Gasteiger partial charge on any atom is -0.343 e.